The van der Waals surface area contributed by atoms with Crippen LogP contribution >= 0.6 is 0 Å². The molecule has 8 bridgehead atoms. The molecule has 0 saturated heterocycles. The second kappa shape index (κ2) is 8.72. The number of hydrogen-bond donors (Lipinski definition) is 3. The zero-order valence-corrected chi connectivity index (χ0v) is 23.9. The molecule has 1 aromatic heterocycles. The van der Waals surface area contributed by atoms with E-state index in [1.807, 2.05) is 24.3 Å². The van der Waals surface area contributed by atoms with Crippen LogP contribution in [0.1, 0.15) is 87.4 Å². The summed E-state index contributed by atoms with van der Waals surface area (Å²) in [5.41, 5.74) is 4.60. The Hall–Kier alpha value is -3.08. The minimum atomic E-state index is -0.135. The van der Waals surface area contributed by atoms with Crippen molar-refractivity contribution in [3.63, 3.8) is 0 Å². The van der Waals surface area contributed by atoms with Gasteiger partial charge in [-0.25, -0.2) is 0 Å². The lowest BCUT2D eigenvalue weighted by Gasteiger charge is -2.56. The molecule has 212 valence electrons. The summed E-state index contributed by atoms with van der Waals surface area (Å²) >= 11 is 0. The minimum absolute atomic E-state index is 0.0224. The van der Waals surface area contributed by atoms with Crippen molar-refractivity contribution in [2.45, 2.75) is 82.6 Å². The van der Waals surface area contributed by atoms with E-state index in [9.17, 15) is 9.59 Å². The number of aromatic amines is 1. The Morgan fingerprint density at radius 2 is 1.24 bits per heavy atom. The molecule has 0 unspecified atom stereocenters. The topological polar surface area (TPSA) is 74.0 Å². The molecule has 8 fully saturated rings. The molecule has 11 rings (SSSR count). The van der Waals surface area contributed by atoms with Gasteiger partial charge in [0, 0.05) is 33.4 Å². The SMILES string of the molecule is O=C(NC12CC3CC(CC(C3)C1)C2)c1ccc2cc(-c3ccc(NC(=O)C45CC6CC(CC(C6)C4)C5)cc3)[nH]c2c1. The predicted molar refractivity (Wildman–Crippen MR) is 161 cm³/mol. The van der Waals surface area contributed by atoms with Gasteiger partial charge in [0.25, 0.3) is 5.91 Å². The maximum atomic E-state index is 13.5. The van der Waals surface area contributed by atoms with Crippen molar-refractivity contribution in [2.75, 3.05) is 5.32 Å². The zero-order valence-electron chi connectivity index (χ0n) is 23.9. The molecule has 8 saturated carbocycles. The molecule has 8 aliphatic rings. The molecule has 3 N–H and O–H groups in total. The van der Waals surface area contributed by atoms with E-state index in [-0.39, 0.29) is 22.8 Å². The lowest BCUT2D eigenvalue weighted by Crippen LogP contribution is -2.59. The van der Waals surface area contributed by atoms with Crippen molar-refractivity contribution < 1.29 is 9.59 Å². The third-order valence-corrected chi connectivity index (χ3v) is 12.3. The van der Waals surface area contributed by atoms with E-state index in [0.29, 0.717) is 0 Å². The number of nitrogens with one attached hydrogen (secondary N) is 3. The first-order valence-electron chi connectivity index (χ1n) is 16.3. The van der Waals surface area contributed by atoms with Gasteiger partial charge in [0.2, 0.25) is 5.91 Å². The van der Waals surface area contributed by atoms with Crippen LogP contribution in [0, 0.1) is 40.9 Å². The summed E-state index contributed by atoms with van der Waals surface area (Å²) in [7, 11) is 0. The van der Waals surface area contributed by atoms with E-state index in [0.717, 1.165) is 88.2 Å². The van der Waals surface area contributed by atoms with Crippen LogP contribution < -0.4 is 10.6 Å². The molecular formula is C36H41N3O2. The number of hydrogen-bond acceptors (Lipinski definition) is 2. The fourth-order valence-electron chi connectivity index (χ4n) is 11.4. The summed E-state index contributed by atoms with van der Waals surface area (Å²) in [5, 5.41) is 7.91. The van der Waals surface area contributed by atoms with E-state index < -0.39 is 0 Å². The first-order chi connectivity index (χ1) is 19.9. The second-order valence-corrected chi connectivity index (χ2v) is 15.4. The van der Waals surface area contributed by atoms with Gasteiger partial charge in [-0.2, -0.15) is 0 Å². The maximum absolute atomic E-state index is 13.5. The highest BCUT2D eigenvalue weighted by Gasteiger charge is 2.55. The van der Waals surface area contributed by atoms with Crippen molar-refractivity contribution >= 4 is 28.4 Å². The van der Waals surface area contributed by atoms with E-state index >= 15 is 0 Å². The molecule has 5 nitrogen and oxygen atoms in total. The molecule has 8 aliphatic carbocycles. The smallest absolute Gasteiger partial charge is 0.251 e. The van der Waals surface area contributed by atoms with Crippen molar-refractivity contribution in [2.24, 2.45) is 40.9 Å². The summed E-state index contributed by atoms with van der Waals surface area (Å²) in [4.78, 5) is 30.4. The van der Waals surface area contributed by atoms with Gasteiger partial charge in [-0.3, -0.25) is 9.59 Å². The Bertz CT molecular complexity index is 1480. The number of amides is 2. The van der Waals surface area contributed by atoms with Gasteiger partial charge in [0.15, 0.2) is 0 Å². The largest absolute Gasteiger partial charge is 0.355 e. The Morgan fingerprint density at radius 3 is 1.83 bits per heavy atom. The van der Waals surface area contributed by atoms with Crippen LogP contribution in [0.15, 0.2) is 48.5 Å². The van der Waals surface area contributed by atoms with Crippen LogP contribution in [0.5, 0.6) is 0 Å². The molecule has 41 heavy (non-hydrogen) atoms. The van der Waals surface area contributed by atoms with Crippen LogP contribution in [-0.4, -0.2) is 22.3 Å². The van der Waals surface area contributed by atoms with Crippen LogP contribution in [0.4, 0.5) is 5.69 Å². The Balaban J connectivity index is 0.900. The van der Waals surface area contributed by atoms with E-state index in [1.165, 1.54) is 57.8 Å². The van der Waals surface area contributed by atoms with Gasteiger partial charge in [-0.15, -0.1) is 0 Å². The second-order valence-electron chi connectivity index (χ2n) is 15.4. The minimum Gasteiger partial charge on any atom is -0.355 e. The van der Waals surface area contributed by atoms with Crippen LogP contribution in [0.2, 0.25) is 0 Å². The van der Waals surface area contributed by atoms with Gasteiger partial charge in [0.1, 0.15) is 0 Å². The molecule has 1 heterocycles. The summed E-state index contributed by atoms with van der Waals surface area (Å²) in [6.45, 7) is 0. The van der Waals surface area contributed by atoms with Gasteiger partial charge < -0.3 is 15.6 Å². The number of aromatic nitrogens is 1. The molecular weight excluding hydrogens is 506 g/mol. The van der Waals surface area contributed by atoms with E-state index in [2.05, 4.69) is 39.9 Å². The highest BCUT2D eigenvalue weighted by molar-refractivity contribution is 5.99. The average molecular weight is 548 g/mol. The maximum Gasteiger partial charge on any atom is 0.251 e. The third kappa shape index (κ3) is 4.09. The number of H-pyrrole nitrogens is 1. The molecule has 0 radical (unpaired) electrons. The van der Waals surface area contributed by atoms with E-state index in [1.54, 1.807) is 0 Å². The van der Waals surface area contributed by atoms with Crippen molar-refractivity contribution in [3.8, 4) is 11.3 Å². The molecule has 3 aromatic rings. The number of rotatable bonds is 5. The van der Waals surface area contributed by atoms with Crippen LogP contribution in [-0.2, 0) is 4.79 Å². The average Bonchev–Trinajstić information content (AvgIpc) is 3.35. The fraction of sp³-hybridized carbons (Fsp3) is 0.556. The first kappa shape index (κ1) is 24.5. The monoisotopic (exact) mass is 547 g/mol. The number of anilines is 1. The Labute approximate surface area is 242 Å². The molecule has 2 amide bonds. The van der Waals surface area contributed by atoms with Gasteiger partial charge >= 0.3 is 0 Å². The van der Waals surface area contributed by atoms with Crippen molar-refractivity contribution in [1.82, 2.24) is 10.3 Å². The Kier molecular flexibility index (Phi) is 5.21. The highest BCUT2D eigenvalue weighted by atomic mass is 16.2. The fourth-order valence-corrected chi connectivity index (χ4v) is 11.4. The lowest BCUT2D eigenvalue weighted by atomic mass is 9.49. The highest BCUT2D eigenvalue weighted by Crippen LogP contribution is 2.60. The number of carbonyl (C=O) groups excluding carboxylic acids is 2. The molecule has 0 atom stereocenters. The Morgan fingerprint density at radius 1 is 0.683 bits per heavy atom. The summed E-state index contributed by atoms with van der Waals surface area (Å²) in [5.74, 6) is 5.05. The van der Waals surface area contributed by atoms with E-state index in [4.69, 9.17) is 0 Å². The summed E-state index contributed by atoms with van der Waals surface area (Å²) in [6.07, 6.45) is 14.9. The molecule has 0 spiro atoms. The lowest BCUT2D eigenvalue weighted by molar-refractivity contribution is -0.140. The third-order valence-electron chi connectivity index (χ3n) is 12.3. The number of carbonyl (C=O) groups is 2. The number of benzene rings is 2. The molecule has 0 aliphatic heterocycles. The molecule has 2 aromatic carbocycles. The van der Waals surface area contributed by atoms with Gasteiger partial charge in [-0.05, 0) is 148 Å². The van der Waals surface area contributed by atoms with Crippen molar-refractivity contribution in [1.29, 1.82) is 0 Å². The van der Waals surface area contributed by atoms with Crippen molar-refractivity contribution in [3.05, 3.63) is 54.1 Å². The predicted octanol–water partition coefficient (Wildman–Crippen LogP) is 7.69. The number of fused-ring (bicyclic) bond motifs is 1. The summed E-state index contributed by atoms with van der Waals surface area (Å²) in [6, 6.07) is 16.4. The standard InChI is InChI=1S/C36H41N3O2/c40-33(39-36-18-24-10-25(19-36)12-26(11-24)20-36)29-2-1-28-13-31(38-32(28)14-29)27-3-5-30(6-4-27)37-34(41)35-15-21-7-22(16-35)9-23(8-21)17-35/h1-6,13-14,21-26,38H,7-12,15-20H2,(H,37,41)(H,39,40). The van der Waals surface area contributed by atoms with Crippen LogP contribution in [0.25, 0.3) is 22.2 Å². The quantitative estimate of drug-likeness (QED) is 0.306. The first-order valence-corrected chi connectivity index (χ1v) is 16.3. The summed E-state index contributed by atoms with van der Waals surface area (Å²) < 4.78 is 0. The van der Waals surface area contributed by atoms with Gasteiger partial charge in [-0.1, -0.05) is 18.2 Å². The normalized spacial score (nSPS) is 38.0. The zero-order chi connectivity index (χ0) is 27.3. The van der Waals surface area contributed by atoms with Gasteiger partial charge in [0.05, 0.1) is 5.41 Å². The molecule has 5 heteroatoms. The van der Waals surface area contributed by atoms with Crippen LogP contribution in [0.3, 0.4) is 0 Å².